The summed E-state index contributed by atoms with van der Waals surface area (Å²) in [5.41, 5.74) is 7.36. The van der Waals surface area contributed by atoms with Crippen LogP contribution in [0.15, 0.2) is 18.2 Å². The zero-order valence-corrected chi connectivity index (χ0v) is 11.6. The maximum absolute atomic E-state index is 13.9. The molecule has 1 atom stereocenters. The van der Waals surface area contributed by atoms with Gasteiger partial charge in [0, 0.05) is 31.5 Å². The molecule has 3 nitrogen and oxygen atoms in total. The first-order chi connectivity index (χ1) is 9.26. The zero-order valence-electron chi connectivity index (χ0n) is 11.6. The standard InChI is InChI=1S/C15H23FN2O/c1-19-11-12-4-3-9-18(10-12)15-6-2-5-14(16)13(15)7-8-17/h2,5-6,12H,3-4,7-11,17H2,1H3. The first-order valence-corrected chi connectivity index (χ1v) is 6.97. The number of halogens is 1. The number of anilines is 1. The second-order valence-corrected chi connectivity index (χ2v) is 5.19. The second-order valence-electron chi connectivity index (χ2n) is 5.19. The molecule has 0 spiro atoms. The van der Waals surface area contributed by atoms with Crippen molar-refractivity contribution in [3.63, 3.8) is 0 Å². The molecule has 1 aromatic carbocycles. The Morgan fingerprint density at radius 3 is 3.05 bits per heavy atom. The van der Waals surface area contributed by atoms with E-state index in [-0.39, 0.29) is 5.82 Å². The van der Waals surface area contributed by atoms with Gasteiger partial charge in [0.1, 0.15) is 5.82 Å². The Bertz CT molecular complexity index is 409. The first-order valence-electron chi connectivity index (χ1n) is 6.97. The van der Waals surface area contributed by atoms with Crippen molar-refractivity contribution < 1.29 is 9.13 Å². The molecule has 4 heteroatoms. The van der Waals surface area contributed by atoms with Crippen LogP contribution in [0.2, 0.25) is 0 Å². The number of nitrogens with zero attached hydrogens (tertiary/aromatic N) is 1. The molecule has 2 N–H and O–H groups in total. The number of ether oxygens (including phenoxy) is 1. The fourth-order valence-electron chi connectivity index (χ4n) is 2.89. The molecule has 1 heterocycles. The molecule has 1 aliphatic heterocycles. The van der Waals surface area contributed by atoms with Gasteiger partial charge in [0.2, 0.25) is 0 Å². The van der Waals surface area contributed by atoms with E-state index in [2.05, 4.69) is 4.90 Å². The normalized spacial score (nSPS) is 19.7. The molecular formula is C15H23FN2O. The van der Waals surface area contributed by atoms with Crippen molar-refractivity contribution in [3.8, 4) is 0 Å². The molecular weight excluding hydrogens is 243 g/mol. The number of rotatable bonds is 5. The van der Waals surface area contributed by atoms with E-state index in [0.29, 0.717) is 18.9 Å². The third-order valence-corrected chi connectivity index (χ3v) is 3.75. The molecule has 0 radical (unpaired) electrons. The summed E-state index contributed by atoms with van der Waals surface area (Å²) in [6.07, 6.45) is 2.91. The van der Waals surface area contributed by atoms with Crippen LogP contribution in [0.5, 0.6) is 0 Å². The van der Waals surface area contributed by atoms with E-state index in [9.17, 15) is 4.39 Å². The summed E-state index contributed by atoms with van der Waals surface area (Å²) in [7, 11) is 1.74. The highest BCUT2D eigenvalue weighted by molar-refractivity contribution is 5.54. The van der Waals surface area contributed by atoms with Crippen LogP contribution in [0.1, 0.15) is 18.4 Å². The molecule has 1 aliphatic rings. The highest BCUT2D eigenvalue weighted by Gasteiger charge is 2.22. The van der Waals surface area contributed by atoms with Gasteiger partial charge in [-0.2, -0.15) is 0 Å². The van der Waals surface area contributed by atoms with Crippen LogP contribution >= 0.6 is 0 Å². The number of methoxy groups -OCH3 is 1. The summed E-state index contributed by atoms with van der Waals surface area (Å²) in [6, 6.07) is 5.30. The Kier molecular flexibility index (Phi) is 5.16. The van der Waals surface area contributed by atoms with Crippen molar-refractivity contribution in [2.24, 2.45) is 11.7 Å². The monoisotopic (exact) mass is 266 g/mol. The van der Waals surface area contributed by atoms with Crippen molar-refractivity contribution in [1.29, 1.82) is 0 Å². The van der Waals surface area contributed by atoms with Gasteiger partial charge < -0.3 is 15.4 Å². The molecule has 2 rings (SSSR count). The Morgan fingerprint density at radius 2 is 2.32 bits per heavy atom. The smallest absolute Gasteiger partial charge is 0.128 e. The summed E-state index contributed by atoms with van der Waals surface area (Å²) in [5.74, 6) is 0.393. The van der Waals surface area contributed by atoms with Crippen LogP contribution in [0, 0.1) is 11.7 Å². The van der Waals surface area contributed by atoms with Crippen molar-refractivity contribution in [1.82, 2.24) is 0 Å². The first kappa shape index (κ1) is 14.3. The van der Waals surface area contributed by atoms with Crippen molar-refractivity contribution in [2.45, 2.75) is 19.3 Å². The third-order valence-electron chi connectivity index (χ3n) is 3.75. The average molecular weight is 266 g/mol. The molecule has 1 unspecified atom stereocenters. The van der Waals surface area contributed by atoms with Gasteiger partial charge in [-0.1, -0.05) is 6.07 Å². The molecule has 0 bridgehead atoms. The molecule has 106 valence electrons. The Labute approximate surface area is 114 Å². The maximum atomic E-state index is 13.9. The third kappa shape index (κ3) is 3.45. The molecule has 1 saturated heterocycles. The van der Waals surface area contributed by atoms with E-state index in [1.165, 1.54) is 12.5 Å². The van der Waals surface area contributed by atoms with Crippen LogP contribution < -0.4 is 10.6 Å². The van der Waals surface area contributed by atoms with Crippen LogP contribution in [-0.2, 0) is 11.2 Å². The summed E-state index contributed by atoms with van der Waals surface area (Å²) < 4.78 is 19.2. The van der Waals surface area contributed by atoms with E-state index < -0.39 is 0 Å². The largest absolute Gasteiger partial charge is 0.384 e. The number of hydrogen-bond acceptors (Lipinski definition) is 3. The fourth-order valence-corrected chi connectivity index (χ4v) is 2.89. The Hall–Kier alpha value is -1.13. The molecule has 0 aliphatic carbocycles. The van der Waals surface area contributed by atoms with Crippen molar-refractivity contribution in [3.05, 3.63) is 29.6 Å². The van der Waals surface area contributed by atoms with E-state index in [1.54, 1.807) is 13.2 Å². The molecule has 0 aromatic heterocycles. The topological polar surface area (TPSA) is 38.5 Å². The highest BCUT2D eigenvalue weighted by atomic mass is 19.1. The van der Waals surface area contributed by atoms with Crippen molar-refractivity contribution >= 4 is 5.69 Å². The predicted molar refractivity (Wildman–Crippen MR) is 76.0 cm³/mol. The summed E-state index contributed by atoms with van der Waals surface area (Å²) in [4.78, 5) is 2.28. The molecule has 19 heavy (non-hydrogen) atoms. The number of hydrogen-bond donors (Lipinski definition) is 1. The van der Waals surface area contributed by atoms with Gasteiger partial charge in [-0.3, -0.25) is 0 Å². The van der Waals surface area contributed by atoms with Crippen molar-refractivity contribution in [2.75, 3.05) is 38.3 Å². The summed E-state index contributed by atoms with van der Waals surface area (Å²) >= 11 is 0. The lowest BCUT2D eigenvalue weighted by molar-refractivity contribution is 0.143. The van der Waals surface area contributed by atoms with Gasteiger partial charge in [0.05, 0.1) is 6.61 Å². The lowest BCUT2D eigenvalue weighted by atomic mass is 9.97. The van der Waals surface area contributed by atoms with Gasteiger partial charge in [-0.25, -0.2) is 4.39 Å². The van der Waals surface area contributed by atoms with Gasteiger partial charge in [-0.15, -0.1) is 0 Å². The Morgan fingerprint density at radius 1 is 1.47 bits per heavy atom. The average Bonchev–Trinajstić information content (AvgIpc) is 2.42. The SMILES string of the molecule is COCC1CCCN(c2cccc(F)c2CCN)C1. The lowest BCUT2D eigenvalue weighted by Gasteiger charge is -2.35. The zero-order chi connectivity index (χ0) is 13.7. The molecule has 1 aromatic rings. The van der Waals surface area contributed by atoms with E-state index in [1.807, 2.05) is 6.07 Å². The van der Waals surface area contributed by atoms with Gasteiger partial charge >= 0.3 is 0 Å². The van der Waals surface area contributed by atoms with Crippen LogP contribution in [0.4, 0.5) is 10.1 Å². The summed E-state index contributed by atoms with van der Waals surface area (Å²) in [6.45, 7) is 3.18. The Balaban J connectivity index is 2.18. The lowest BCUT2D eigenvalue weighted by Crippen LogP contribution is -2.37. The van der Waals surface area contributed by atoms with Gasteiger partial charge in [0.15, 0.2) is 0 Å². The quantitative estimate of drug-likeness (QED) is 0.888. The molecule has 0 amide bonds. The highest BCUT2D eigenvalue weighted by Crippen LogP contribution is 2.28. The van der Waals surface area contributed by atoms with Crippen LogP contribution in [0.3, 0.4) is 0 Å². The van der Waals surface area contributed by atoms with Gasteiger partial charge in [0.25, 0.3) is 0 Å². The minimum absolute atomic E-state index is 0.142. The van der Waals surface area contributed by atoms with Gasteiger partial charge in [-0.05, 0) is 43.9 Å². The predicted octanol–water partition coefficient (Wildman–Crippen LogP) is 2.19. The van der Waals surface area contributed by atoms with Crippen LogP contribution in [0.25, 0.3) is 0 Å². The fraction of sp³-hybridized carbons (Fsp3) is 0.600. The minimum Gasteiger partial charge on any atom is -0.384 e. The maximum Gasteiger partial charge on any atom is 0.128 e. The molecule has 0 saturated carbocycles. The number of nitrogens with two attached hydrogens (primary N) is 1. The number of piperidine rings is 1. The number of benzene rings is 1. The summed E-state index contributed by atoms with van der Waals surface area (Å²) in [5, 5.41) is 0. The van der Waals surface area contributed by atoms with Crippen LogP contribution in [-0.4, -0.2) is 33.4 Å². The minimum atomic E-state index is -0.142. The van der Waals surface area contributed by atoms with E-state index >= 15 is 0 Å². The molecule has 1 fully saturated rings. The second kappa shape index (κ2) is 6.87. The van der Waals surface area contributed by atoms with E-state index in [4.69, 9.17) is 10.5 Å². The van der Waals surface area contributed by atoms with E-state index in [0.717, 1.165) is 37.4 Å².